The average molecular weight is 725 g/mol. The lowest BCUT2D eigenvalue weighted by Crippen LogP contribution is -2.04. The summed E-state index contributed by atoms with van der Waals surface area (Å²) in [7, 11) is 0. The standard InChI is InChI=1S/C46H32N10/c1-26-49-27(2)52-45(51-26)31-13-15-36-34-9-5-7-11-39(34)55(42(36)21-31)41-24-38(30-17-19-48-20-18-30)44(23-33(41)25-47)56-40-12-8-6-10-35(40)37-16-14-32(22-43(37)56)46-53-28(3)50-29(4)54-46/h5-24H,1-4H3. The van der Waals surface area contributed by atoms with Crippen molar-refractivity contribution >= 4 is 43.6 Å². The number of rotatable bonds is 5. The lowest BCUT2D eigenvalue weighted by molar-refractivity contribution is 0.928. The van der Waals surface area contributed by atoms with Crippen molar-refractivity contribution in [2.75, 3.05) is 0 Å². The van der Waals surface area contributed by atoms with Gasteiger partial charge in [-0.1, -0.05) is 60.7 Å². The Balaban J connectivity index is 1.29. The van der Waals surface area contributed by atoms with Gasteiger partial charge in [-0.05, 0) is 81.8 Å². The molecule has 10 rings (SSSR count). The van der Waals surface area contributed by atoms with Crippen LogP contribution in [-0.2, 0) is 0 Å². The number of pyridine rings is 1. The highest BCUT2D eigenvalue weighted by Crippen LogP contribution is 2.41. The van der Waals surface area contributed by atoms with Crippen LogP contribution in [0.4, 0.5) is 0 Å². The van der Waals surface area contributed by atoms with Crippen molar-refractivity contribution in [3.05, 3.63) is 150 Å². The van der Waals surface area contributed by atoms with Crippen LogP contribution in [-0.4, -0.2) is 44.0 Å². The number of para-hydroxylation sites is 2. The third-order valence-corrected chi connectivity index (χ3v) is 10.3. The largest absolute Gasteiger partial charge is 0.309 e. The molecule has 0 fully saturated rings. The number of nitrogens with zero attached hydrogens (tertiary/aromatic N) is 10. The van der Waals surface area contributed by atoms with Gasteiger partial charge in [0.05, 0.1) is 39.0 Å². The molecule has 0 spiro atoms. The second-order valence-corrected chi connectivity index (χ2v) is 13.9. The molecule has 0 aliphatic rings. The molecule has 0 aliphatic carbocycles. The summed E-state index contributed by atoms with van der Waals surface area (Å²) in [5.41, 5.74) is 9.68. The van der Waals surface area contributed by atoms with Gasteiger partial charge in [0.15, 0.2) is 11.6 Å². The normalized spacial score (nSPS) is 11.6. The Morgan fingerprint density at radius 3 is 1.41 bits per heavy atom. The van der Waals surface area contributed by atoms with Gasteiger partial charge >= 0.3 is 0 Å². The van der Waals surface area contributed by atoms with Crippen LogP contribution in [0.3, 0.4) is 0 Å². The Morgan fingerprint density at radius 1 is 0.446 bits per heavy atom. The molecule has 10 nitrogen and oxygen atoms in total. The number of nitriles is 1. The molecule has 0 aliphatic heterocycles. The number of aromatic nitrogens is 9. The van der Waals surface area contributed by atoms with Gasteiger partial charge in [0, 0.05) is 50.6 Å². The maximum atomic E-state index is 11.1. The van der Waals surface area contributed by atoms with E-state index in [1.54, 1.807) is 12.4 Å². The minimum Gasteiger partial charge on any atom is -0.309 e. The highest BCUT2D eigenvalue weighted by molar-refractivity contribution is 6.12. The fourth-order valence-corrected chi connectivity index (χ4v) is 8.03. The van der Waals surface area contributed by atoms with Gasteiger partial charge in [0.2, 0.25) is 0 Å². The summed E-state index contributed by atoms with van der Waals surface area (Å²) < 4.78 is 4.45. The Labute approximate surface area is 321 Å². The van der Waals surface area contributed by atoms with E-state index in [9.17, 15) is 5.26 Å². The summed E-state index contributed by atoms with van der Waals surface area (Å²) in [6, 6.07) is 40.1. The number of hydrogen-bond donors (Lipinski definition) is 0. The van der Waals surface area contributed by atoms with Crippen molar-refractivity contribution in [1.82, 2.24) is 44.0 Å². The summed E-state index contributed by atoms with van der Waals surface area (Å²) in [6.07, 6.45) is 3.61. The fraction of sp³-hybridized carbons (Fsp3) is 0.0870. The summed E-state index contributed by atoms with van der Waals surface area (Å²) in [5.74, 6) is 3.87. The van der Waals surface area contributed by atoms with E-state index in [4.69, 9.17) is 0 Å². The van der Waals surface area contributed by atoms with Crippen molar-refractivity contribution in [1.29, 1.82) is 5.26 Å². The fourth-order valence-electron chi connectivity index (χ4n) is 8.03. The SMILES string of the molecule is Cc1nc(C)nc(-c2ccc3c4ccccc4n(-c4cc(-c5ccncc5)c(-n5c6ccccc6c6ccc(-c7nc(C)nc(C)n7)cc65)cc4C#N)c3c2)n1. The molecule has 0 saturated heterocycles. The zero-order valence-electron chi connectivity index (χ0n) is 31.0. The summed E-state index contributed by atoms with van der Waals surface area (Å²) >= 11 is 0. The van der Waals surface area contributed by atoms with Crippen LogP contribution in [0, 0.1) is 39.0 Å². The second kappa shape index (κ2) is 12.7. The zero-order valence-corrected chi connectivity index (χ0v) is 31.0. The molecule has 0 saturated carbocycles. The van der Waals surface area contributed by atoms with E-state index in [0.717, 1.165) is 77.2 Å². The van der Waals surface area contributed by atoms with E-state index < -0.39 is 0 Å². The van der Waals surface area contributed by atoms with Crippen molar-refractivity contribution in [3.8, 4) is 51.3 Å². The first-order valence-corrected chi connectivity index (χ1v) is 18.3. The number of benzene rings is 5. The third-order valence-electron chi connectivity index (χ3n) is 10.3. The van der Waals surface area contributed by atoms with E-state index in [1.807, 2.05) is 64.1 Å². The van der Waals surface area contributed by atoms with E-state index in [0.29, 0.717) is 40.5 Å². The summed E-state index contributed by atoms with van der Waals surface area (Å²) in [4.78, 5) is 31.9. The predicted molar refractivity (Wildman–Crippen MR) is 220 cm³/mol. The molecule has 5 aromatic carbocycles. The Kier molecular flexibility index (Phi) is 7.50. The zero-order chi connectivity index (χ0) is 38.1. The first-order chi connectivity index (χ1) is 27.3. The smallest absolute Gasteiger partial charge is 0.163 e. The van der Waals surface area contributed by atoms with Crippen LogP contribution in [0.15, 0.2) is 122 Å². The minimum atomic E-state index is 0.517. The highest BCUT2D eigenvalue weighted by Gasteiger charge is 2.23. The van der Waals surface area contributed by atoms with Crippen LogP contribution in [0.5, 0.6) is 0 Å². The quantitative estimate of drug-likeness (QED) is 0.172. The van der Waals surface area contributed by atoms with Gasteiger partial charge in [0.1, 0.15) is 29.4 Å². The monoisotopic (exact) mass is 724 g/mol. The predicted octanol–water partition coefficient (Wildman–Crippen LogP) is 9.75. The van der Waals surface area contributed by atoms with E-state index >= 15 is 0 Å². The maximum Gasteiger partial charge on any atom is 0.163 e. The summed E-state index contributed by atoms with van der Waals surface area (Å²) in [5, 5.41) is 15.4. The van der Waals surface area contributed by atoms with Crippen LogP contribution < -0.4 is 0 Å². The molecule has 0 N–H and O–H groups in total. The minimum absolute atomic E-state index is 0.517. The number of fused-ring (bicyclic) bond motifs is 6. The van der Waals surface area contributed by atoms with E-state index in [1.165, 1.54) is 0 Å². The topological polar surface area (TPSA) is 124 Å². The molecule has 0 bridgehead atoms. The van der Waals surface area contributed by atoms with Crippen molar-refractivity contribution < 1.29 is 0 Å². The molecule has 5 aromatic heterocycles. The van der Waals surface area contributed by atoms with E-state index in [-0.39, 0.29) is 0 Å². The van der Waals surface area contributed by atoms with E-state index in [2.05, 4.69) is 123 Å². The molecule has 0 radical (unpaired) electrons. The molecule has 0 amide bonds. The lowest BCUT2D eigenvalue weighted by Gasteiger charge is -2.19. The average Bonchev–Trinajstić information content (AvgIpc) is 3.72. The molecule has 0 atom stereocenters. The van der Waals surface area contributed by atoms with Crippen molar-refractivity contribution in [2.24, 2.45) is 0 Å². The molecule has 56 heavy (non-hydrogen) atoms. The molecule has 10 heteroatoms. The third kappa shape index (κ3) is 5.28. The number of hydrogen-bond acceptors (Lipinski definition) is 8. The van der Waals surface area contributed by atoms with Crippen LogP contribution in [0.1, 0.15) is 28.9 Å². The summed E-state index contributed by atoms with van der Waals surface area (Å²) in [6.45, 7) is 7.52. The Morgan fingerprint density at radius 2 is 0.911 bits per heavy atom. The van der Waals surface area contributed by atoms with Gasteiger partial charge in [-0.3, -0.25) is 4.98 Å². The van der Waals surface area contributed by atoms with Gasteiger partial charge in [-0.2, -0.15) is 5.26 Å². The molecular weight excluding hydrogens is 693 g/mol. The first kappa shape index (κ1) is 33.0. The molecule has 0 unspecified atom stereocenters. The first-order valence-electron chi connectivity index (χ1n) is 18.3. The molecule has 266 valence electrons. The van der Waals surface area contributed by atoms with Crippen molar-refractivity contribution in [2.45, 2.75) is 27.7 Å². The Hall–Kier alpha value is -7.64. The molecule has 10 aromatic rings. The number of aryl methyl sites for hydroxylation is 4. The van der Waals surface area contributed by atoms with Gasteiger partial charge < -0.3 is 9.13 Å². The molecule has 5 heterocycles. The van der Waals surface area contributed by atoms with Gasteiger partial charge in [-0.25, -0.2) is 29.9 Å². The molecular formula is C46H32N10. The Bertz CT molecular complexity index is 3220. The van der Waals surface area contributed by atoms with Crippen LogP contribution in [0.2, 0.25) is 0 Å². The van der Waals surface area contributed by atoms with Crippen LogP contribution in [0.25, 0.3) is 88.9 Å². The second-order valence-electron chi connectivity index (χ2n) is 13.9. The van der Waals surface area contributed by atoms with Crippen molar-refractivity contribution in [3.63, 3.8) is 0 Å². The van der Waals surface area contributed by atoms with Gasteiger partial charge in [-0.15, -0.1) is 0 Å². The van der Waals surface area contributed by atoms with Crippen LogP contribution >= 0.6 is 0 Å². The lowest BCUT2D eigenvalue weighted by atomic mass is 10.00. The van der Waals surface area contributed by atoms with Gasteiger partial charge in [0.25, 0.3) is 0 Å². The maximum absolute atomic E-state index is 11.1. The highest BCUT2D eigenvalue weighted by atomic mass is 15.0.